The summed E-state index contributed by atoms with van der Waals surface area (Å²) in [5.41, 5.74) is 4.29. The molecule has 0 saturated heterocycles. The summed E-state index contributed by atoms with van der Waals surface area (Å²) in [5.74, 6) is -0.152. The Morgan fingerprint density at radius 1 is 1.03 bits per heavy atom. The number of benzene rings is 2. The first-order valence-electron chi connectivity index (χ1n) is 13.4. The Kier molecular flexibility index (Phi) is 8.52. The molecule has 1 fully saturated rings. The molecule has 2 heterocycles. The van der Waals surface area contributed by atoms with Gasteiger partial charge in [0.2, 0.25) is 5.43 Å². The maximum absolute atomic E-state index is 13.1. The number of pyridine rings is 2. The van der Waals surface area contributed by atoms with E-state index in [9.17, 15) is 14.4 Å². The lowest BCUT2D eigenvalue weighted by molar-refractivity contribution is -0.120. The number of nitrogens with zero attached hydrogens (tertiary/aromatic N) is 2. The molecule has 0 bridgehead atoms. The highest BCUT2D eigenvalue weighted by Gasteiger charge is 2.23. The summed E-state index contributed by atoms with van der Waals surface area (Å²) in [6.45, 7) is 7.58. The molecule has 196 valence electrons. The fraction of sp³-hybridized carbons (Fsp3) is 0.312. The Labute approximate surface area is 223 Å². The van der Waals surface area contributed by atoms with Crippen molar-refractivity contribution >= 4 is 22.7 Å². The average molecular weight is 510 g/mol. The van der Waals surface area contributed by atoms with Crippen LogP contribution < -0.4 is 10.7 Å². The van der Waals surface area contributed by atoms with Crippen molar-refractivity contribution in [2.75, 3.05) is 0 Å². The van der Waals surface area contributed by atoms with Crippen LogP contribution in [0.5, 0.6) is 0 Å². The van der Waals surface area contributed by atoms with E-state index in [1.54, 1.807) is 31.5 Å². The van der Waals surface area contributed by atoms with Crippen LogP contribution in [-0.4, -0.2) is 27.3 Å². The van der Waals surface area contributed by atoms with E-state index in [1.165, 1.54) is 0 Å². The molecule has 0 aliphatic heterocycles. The van der Waals surface area contributed by atoms with Crippen molar-refractivity contribution in [1.29, 1.82) is 0 Å². The summed E-state index contributed by atoms with van der Waals surface area (Å²) in [5, 5.41) is 3.40. The van der Waals surface area contributed by atoms with Gasteiger partial charge in [0.25, 0.3) is 5.91 Å². The summed E-state index contributed by atoms with van der Waals surface area (Å²) in [6, 6.07) is 19.7. The Balaban J connectivity index is 0.00000164. The molecular formula is C32H35N3O3. The highest BCUT2D eigenvalue weighted by Crippen LogP contribution is 2.25. The van der Waals surface area contributed by atoms with Gasteiger partial charge in [0.05, 0.1) is 5.39 Å². The lowest BCUT2D eigenvalue weighted by Crippen LogP contribution is -2.41. The molecule has 1 aliphatic rings. The number of carbonyl (C=O) groups excluding carboxylic acids is 2. The molecule has 0 spiro atoms. The van der Waals surface area contributed by atoms with Crippen molar-refractivity contribution in [3.63, 3.8) is 0 Å². The standard InChI is InChI=1S/C30H29N3O3.C2H6/c1-19(20(2)34)16-21-11-13-22(14-12-21)23-6-3-9-25(17-23)33-18-27(30(36)32-24-7-4-8-24)28(35)26-10-5-15-31-29(26)33;1-2/h3,5-6,9-15,17-19,24H,4,7-8,16H2,1-2H3,(H,32,36);1-2H3. The normalized spacial score (nSPS) is 13.7. The predicted molar refractivity (Wildman–Crippen MR) is 153 cm³/mol. The number of rotatable bonds is 7. The second-order valence-corrected chi connectivity index (χ2v) is 9.68. The molecule has 1 N–H and O–H groups in total. The largest absolute Gasteiger partial charge is 0.349 e. The SMILES string of the molecule is CC.CC(=O)C(C)Cc1ccc(-c2cccc(-n3cc(C(=O)NC4CCC4)c(=O)c4cccnc43)c2)cc1. The lowest BCUT2D eigenvalue weighted by atomic mass is 9.93. The third kappa shape index (κ3) is 5.75. The zero-order valence-electron chi connectivity index (χ0n) is 22.5. The van der Waals surface area contributed by atoms with Crippen LogP contribution in [0.25, 0.3) is 27.8 Å². The average Bonchev–Trinajstić information content (AvgIpc) is 2.92. The van der Waals surface area contributed by atoms with E-state index in [1.807, 2.05) is 49.6 Å². The first kappa shape index (κ1) is 27.0. The smallest absolute Gasteiger partial charge is 0.257 e. The summed E-state index contributed by atoms with van der Waals surface area (Å²) < 4.78 is 1.82. The van der Waals surface area contributed by atoms with E-state index in [0.29, 0.717) is 11.0 Å². The first-order chi connectivity index (χ1) is 18.4. The van der Waals surface area contributed by atoms with Gasteiger partial charge < -0.3 is 9.88 Å². The number of hydrogen-bond acceptors (Lipinski definition) is 4. The Bertz CT molecular complexity index is 1500. The van der Waals surface area contributed by atoms with Gasteiger partial charge in [-0.2, -0.15) is 0 Å². The Hall–Kier alpha value is -4.06. The molecule has 1 atom stereocenters. The summed E-state index contributed by atoms with van der Waals surface area (Å²) in [7, 11) is 0. The van der Waals surface area contributed by atoms with Crippen molar-refractivity contribution in [3.05, 3.63) is 94.4 Å². The van der Waals surface area contributed by atoms with Crippen LogP contribution >= 0.6 is 0 Å². The minimum Gasteiger partial charge on any atom is -0.349 e. The second kappa shape index (κ2) is 12.0. The number of Topliss-reactive ketones (excluding diaryl/α,β-unsaturated/α-hetero) is 1. The first-order valence-corrected chi connectivity index (χ1v) is 13.4. The zero-order chi connectivity index (χ0) is 27.2. The Morgan fingerprint density at radius 3 is 2.42 bits per heavy atom. The number of hydrogen-bond donors (Lipinski definition) is 1. The minimum atomic E-state index is -0.337. The molecule has 0 radical (unpaired) electrons. The van der Waals surface area contributed by atoms with Crippen LogP contribution in [-0.2, 0) is 11.2 Å². The topological polar surface area (TPSA) is 81.1 Å². The van der Waals surface area contributed by atoms with Gasteiger partial charge in [-0.1, -0.05) is 57.2 Å². The third-order valence-corrected chi connectivity index (χ3v) is 7.09. The minimum absolute atomic E-state index is 0.00367. The molecule has 38 heavy (non-hydrogen) atoms. The van der Waals surface area contributed by atoms with Gasteiger partial charge in [0.15, 0.2) is 0 Å². The molecule has 2 aromatic carbocycles. The summed E-state index contributed by atoms with van der Waals surface area (Å²) >= 11 is 0. The molecule has 5 rings (SSSR count). The van der Waals surface area contributed by atoms with Gasteiger partial charge in [-0.3, -0.25) is 14.4 Å². The van der Waals surface area contributed by atoms with Crippen LogP contribution in [0, 0.1) is 5.92 Å². The highest BCUT2D eigenvalue weighted by molar-refractivity contribution is 5.97. The second-order valence-electron chi connectivity index (χ2n) is 9.68. The molecule has 4 aromatic rings. The predicted octanol–water partition coefficient (Wildman–Crippen LogP) is 6.13. The van der Waals surface area contributed by atoms with Crippen LogP contribution in [0.4, 0.5) is 0 Å². The van der Waals surface area contributed by atoms with Gasteiger partial charge >= 0.3 is 0 Å². The van der Waals surface area contributed by atoms with Crippen LogP contribution in [0.1, 0.15) is 62.9 Å². The fourth-order valence-corrected chi connectivity index (χ4v) is 4.50. The molecule has 1 amide bonds. The van der Waals surface area contributed by atoms with Crippen molar-refractivity contribution in [2.45, 2.75) is 59.4 Å². The number of nitrogens with one attached hydrogen (secondary N) is 1. The van der Waals surface area contributed by atoms with Crippen molar-refractivity contribution < 1.29 is 9.59 Å². The summed E-state index contributed by atoms with van der Waals surface area (Å²) in [4.78, 5) is 42.2. The van der Waals surface area contributed by atoms with E-state index in [2.05, 4.69) is 34.6 Å². The molecule has 2 aromatic heterocycles. The molecule has 6 heteroatoms. The van der Waals surface area contributed by atoms with Crippen molar-refractivity contribution in [3.8, 4) is 16.8 Å². The van der Waals surface area contributed by atoms with Gasteiger partial charge in [-0.25, -0.2) is 4.98 Å². The molecule has 1 saturated carbocycles. The highest BCUT2D eigenvalue weighted by atomic mass is 16.2. The number of fused-ring (bicyclic) bond motifs is 1. The van der Waals surface area contributed by atoms with Gasteiger partial charge in [0, 0.05) is 30.0 Å². The van der Waals surface area contributed by atoms with Crippen molar-refractivity contribution in [1.82, 2.24) is 14.9 Å². The Morgan fingerprint density at radius 2 is 1.76 bits per heavy atom. The fourth-order valence-electron chi connectivity index (χ4n) is 4.50. The number of carbonyl (C=O) groups is 2. The zero-order valence-corrected chi connectivity index (χ0v) is 22.5. The van der Waals surface area contributed by atoms with E-state index in [-0.39, 0.29) is 34.6 Å². The molecular weight excluding hydrogens is 474 g/mol. The quantitative estimate of drug-likeness (QED) is 0.325. The van der Waals surface area contributed by atoms with Crippen LogP contribution in [0.15, 0.2) is 77.9 Å². The monoisotopic (exact) mass is 509 g/mol. The third-order valence-electron chi connectivity index (χ3n) is 7.09. The number of aromatic nitrogens is 2. The maximum atomic E-state index is 13.1. The van der Waals surface area contributed by atoms with E-state index < -0.39 is 0 Å². The van der Waals surface area contributed by atoms with E-state index in [0.717, 1.165) is 48.1 Å². The van der Waals surface area contributed by atoms with Crippen molar-refractivity contribution in [2.24, 2.45) is 5.92 Å². The van der Waals surface area contributed by atoms with Crippen LogP contribution in [0.2, 0.25) is 0 Å². The van der Waals surface area contributed by atoms with E-state index in [4.69, 9.17) is 0 Å². The molecule has 1 aliphatic carbocycles. The number of amides is 1. The van der Waals surface area contributed by atoms with Crippen LogP contribution in [0.3, 0.4) is 0 Å². The van der Waals surface area contributed by atoms with Gasteiger partial charge in [-0.05, 0) is 73.6 Å². The van der Waals surface area contributed by atoms with E-state index >= 15 is 0 Å². The summed E-state index contributed by atoms with van der Waals surface area (Å²) in [6.07, 6.45) is 6.97. The number of ketones is 1. The lowest BCUT2D eigenvalue weighted by Gasteiger charge is -2.26. The van der Waals surface area contributed by atoms with Gasteiger partial charge in [-0.15, -0.1) is 0 Å². The molecule has 1 unspecified atom stereocenters. The molecule has 6 nitrogen and oxygen atoms in total. The van der Waals surface area contributed by atoms with Gasteiger partial charge in [0.1, 0.15) is 17.0 Å². The maximum Gasteiger partial charge on any atom is 0.257 e.